The van der Waals surface area contributed by atoms with Gasteiger partial charge in [0.1, 0.15) is 5.82 Å². The van der Waals surface area contributed by atoms with E-state index < -0.39 is 23.7 Å². The smallest absolute Gasteiger partial charge is 0.241 e. The topological polar surface area (TPSA) is 98.2 Å². The van der Waals surface area contributed by atoms with E-state index in [1.807, 2.05) is 0 Å². The summed E-state index contributed by atoms with van der Waals surface area (Å²) in [6, 6.07) is 4.33. The van der Waals surface area contributed by atoms with E-state index in [-0.39, 0.29) is 12.1 Å². The number of carbonyl (C=O) groups is 2. The second-order valence-corrected chi connectivity index (χ2v) is 3.28. The summed E-state index contributed by atoms with van der Waals surface area (Å²) in [5.74, 6) is -1.72. The van der Waals surface area contributed by atoms with E-state index in [0.717, 1.165) is 6.07 Å². The molecule has 0 aliphatic rings. The molecule has 0 saturated carbocycles. The lowest BCUT2D eigenvalue weighted by atomic mass is 10.2. The molecule has 0 aliphatic heterocycles. The molecule has 1 aromatic carbocycles. The van der Waals surface area contributed by atoms with Gasteiger partial charge in [-0.1, -0.05) is 6.07 Å². The minimum Gasteiger partial charge on any atom is -0.370 e. The van der Waals surface area contributed by atoms with E-state index in [2.05, 4.69) is 5.32 Å². The maximum Gasteiger partial charge on any atom is 0.241 e. The summed E-state index contributed by atoms with van der Waals surface area (Å²) >= 11 is 0. The van der Waals surface area contributed by atoms with Crippen LogP contribution in [0.2, 0.25) is 0 Å². The summed E-state index contributed by atoms with van der Waals surface area (Å²) in [6.45, 7) is 0. The predicted octanol–water partition coefficient (Wildman–Crippen LogP) is -0.0331. The van der Waals surface area contributed by atoms with Crippen molar-refractivity contribution >= 4 is 17.5 Å². The number of nitrogens with one attached hydrogen (secondary N) is 1. The van der Waals surface area contributed by atoms with Gasteiger partial charge in [-0.25, -0.2) is 4.39 Å². The van der Waals surface area contributed by atoms with Gasteiger partial charge in [-0.05, 0) is 18.2 Å². The average molecular weight is 225 g/mol. The number of primary amides is 1. The highest BCUT2D eigenvalue weighted by Gasteiger charge is 2.15. The Bertz CT molecular complexity index is 409. The molecule has 0 radical (unpaired) electrons. The van der Waals surface area contributed by atoms with Crippen LogP contribution in [0.25, 0.3) is 0 Å². The van der Waals surface area contributed by atoms with Crippen molar-refractivity contribution in [2.24, 2.45) is 11.5 Å². The molecule has 0 aromatic heterocycles. The van der Waals surface area contributed by atoms with E-state index in [9.17, 15) is 14.0 Å². The molecule has 1 atom stereocenters. The van der Waals surface area contributed by atoms with Gasteiger partial charge in [-0.2, -0.15) is 0 Å². The van der Waals surface area contributed by atoms with Gasteiger partial charge in [0.25, 0.3) is 0 Å². The lowest BCUT2D eigenvalue weighted by molar-refractivity contribution is -0.123. The Morgan fingerprint density at radius 2 is 2.12 bits per heavy atom. The van der Waals surface area contributed by atoms with Crippen molar-refractivity contribution in [1.29, 1.82) is 0 Å². The zero-order chi connectivity index (χ0) is 12.1. The van der Waals surface area contributed by atoms with Crippen LogP contribution in [0, 0.1) is 5.82 Å². The molecule has 0 bridgehead atoms. The Morgan fingerprint density at radius 1 is 1.44 bits per heavy atom. The summed E-state index contributed by atoms with van der Waals surface area (Å²) in [6.07, 6.45) is -0.249. The highest BCUT2D eigenvalue weighted by molar-refractivity contribution is 5.97. The van der Waals surface area contributed by atoms with Gasteiger partial charge in [0.2, 0.25) is 11.8 Å². The minimum atomic E-state index is -1.03. The number of benzene rings is 1. The Hall–Kier alpha value is -1.95. The zero-order valence-corrected chi connectivity index (χ0v) is 8.44. The molecular weight excluding hydrogens is 213 g/mol. The lowest BCUT2D eigenvalue weighted by Gasteiger charge is -2.10. The van der Waals surface area contributed by atoms with Crippen molar-refractivity contribution in [2.45, 2.75) is 12.5 Å². The van der Waals surface area contributed by atoms with Crippen LogP contribution in [0.1, 0.15) is 6.42 Å². The number of amides is 2. The highest BCUT2D eigenvalue weighted by atomic mass is 19.1. The van der Waals surface area contributed by atoms with E-state index in [0.29, 0.717) is 0 Å². The van der Waals surface area contributed by atoms with Crippen molar-refractivity contribution in [2.75, 3.05) is 5.32 Å². The minimum absolute atomic E-state index is 0.249. The van der Waals surface area contributed by atoms with Gasteiger partial charge in [-0.15, -0.1) is 0 Å². The fourth-order valence-electron chi connectivity index (χ4n) is 1.11. The Morgan fingerprint density at radius 3 is 2.69 bits per heavy atom. The molecule has 0 fully saturated rings. The predicted molar refractivity (Wildman–Crippen MR) is 56.8 cm³/mol. The molecule has 16 heavy (non-hydrogen) atoms. The van der Waals surface area contributed by atoms with Crippen molar-refractivity contribution < 1.29 is 14.0 Å². The second-order valence-electron chi connectivity index (χ2n) is 3.28. The molecule has 1 rings (SSSR count). The lowest BCUT2D eigenvalue weighted by Crippen LogP contribution is -2.38. The quantitative estimate of drug-likeness (QED) is 0.670. The maximum absolute atomic E-state index is 12.8. The number of nitrogens with two attached hydrogens (primary N) is 2. The third-order valence-electron chi connectivity index (χ3n) is 1.85. The van der Waals surface area contributed by atoms with E-state index in [1.54, 1.807) is 0 Å². The second kappa shape index (κ2) is 5.22. The molecule has 0 heterocycles. The molecule has 2 amide bonds. The van der Waals surface area contributed by atoms with Gasteiger partial charge < -0.3 is 16.8 Å². The largest absolute Gasteiger partial charge is 0.370 e. The summed E-state index contributed by atoms with van der Waals surface area (Å²) in [7, 11) is 0. The number of halogens is 1. The Labute approximate surface area is 91.6 Å². The first-order valence-electron chi connectivity index (χ1n) is 4.59. The van der Waals surface area contributed by atoms with Crippen LogP contribution in [0.4, 0.5) is 10.1 Å². The summed E-state index contributed by atoms with van der Waals surface area (Å²) in [5, 5.41) is 2.38. The molecule has 1 unspecified atom stereocenters. The summed E-state index contributed by atoms with van der Waals surface area (Å²) in [5.41, 5.74) is 10.6. The highest BCUT2D eigenvalue weighted by Crippen LogP contribution is 2.09. The first-order chi connectivity index (χ1) is 7.49. The van der Waals surface area contributed by atoms with Crippen LogP contribution >= 0.6 is 0 Å². The molecule has 86 valence electrons. The van der Waals surface area contributed by atoms with E-state index >= 15 is 0 Å². The molecule has 1 aromatic rings. The Kier molecular flexibility index (Phi) is 3.96. The van der Waals surface area contributed by atoms with Crippen LogP contribution in [0.3, 0.4) is 0 Å². The number of rotatable bonds is 4. The van der Waals surface area contributed by atoms with Crippen molar-refractivity contribution in [3.63, 3.8) is 0 Å². The van der Waals surface area contributed by atoms with Gasteiger partial charge in [0.05, 0.1) is 12.5 Å². The van der Waals surface area contributed by atoms with Crippen LogP contribution < -0.4 is 16.8 Å². The van der Waals surface area contributed by atoms with Crippen molar-refractivity contribution in [1.82, 2.24) is 0 Å². The third-order valence-corrected chi connectivity index (χ3v) is 1.85. The third kappa shape index (κ3) is 3.66. The van der Waals surface area contributed by atoms with Crippen LogP contribution in [0.5, 0.6) is 0 Å². The molecule has 5 nitrogen and oxygen atoms in total. The molecule has 0 saturated heterocycles. The monoisotopic (exact) mass is 225 g/mol. The van der Waals surface area contributed by atoms with Crippen LogP contribution in [0.15, 0.2) is 24.3 Å². The number of hydrogen-bond acceptors (Lipinski definition) is 3. The fraction of sp³-hybridized carbons (Fsp3) is 0.200. The van der Waals surface area contributed by atoms with Crippen LogP contribution in [-0.4, -0.2) is 17.9 Å². The number of carbonyl (C=O) groups excluding carboxylic acids is 2. The standard InChI is InChI=1S/C10H12FN3O2/c11-6-2-1-3-7(4-6)14-10(16)8(12)5-9(13)15/h1-4,8H,5,12H2,(H2,13,15)(H,14,16). The van der Waals surface area contributed by atoms with Crippen molar-refractivity contribution in [3.8, 4) is 0 Å². The zero-order valence-electron chi connectivity index (χ0n) is 8.44. The molecule has 0 spiro atoms. The van der Waals surface area contributed by atoms with Gasteiger partial charge in [-0.3, -0.25) is 9.59 Å². The normalized spacial score (nSPS) is 11.9. The molecule has 6 heteroatoms. The van der Waals surface area contributed by atoms with Crippen molar-refractivity contribution in [3.05, 3.63) is 30.1 Å². The molecular formula is C10H12FN3O2. The SMILES string of the molecule is NC(=O)CC(N)C(=O)Nc1cccc(F)c1. The maximum atomic E-state index is 12.8. The van der Waals surface area contributed by atoms with Gasteiger partial charge in [0, 0.05) is 5.69 Å². The first kappa shape index (κ1) is 12.1. The first-order valence-corrected chi connectivity index (χ1v) is 4.59. The average Bonchev–Trinajstić information content (AvgIpc) is 2.16. The number of hydrogen-bond donors (Lipinski definition) is 3. The summed E-state index contributed by atoms with van der Waals surface area (Å²) in [4.78, 5) is 21.9. The van der Waals surface area contributed by atoms with E-state index in [4.69, 9.17) is 11.5 Å². The molecule has 0 aliphatic carbocycles. The summed E-state index contributed by atoms with van der Waals surface area (Å²) < 4.78 is 12.8. The fourth-order valence-corrected chi connectivity index (χ4v) is 1.11. The number of anilines is 1. The molecule has 5 N–H and O–H groups in total. The van der Waals surface area contributed by atoms with Gasteiger partial charge in [0.15, 0.2) is 0 Å². The van der Waals surface area contributed by atoms with Crippen LogP contribution in [-0.2, 0) is 9.59 Å². The van der Waals surface area contributed by atoms with E-state index in [1.165, 1.54) is 18.2 Å². The Balaban J connectivity index is 2.60. The van der Waals surface area contributed by atoms with Gasteiger partial charge >= 0.3 is 0 Å².